The van der Waals surface area contributed by atoms with Crippen molar-refractivity contribution in [2.45, 2.75) is 18.9 Å². The number of ether oxygens (including phenoxy) is 2. The van der Waals surface area contributed by atoms with Gasteiger partial charge in [-0.1, -0.05) is 15.9 Å². The van der Waals surface area contributed by atoms with Gasteiger partial charge in [0.25, 0.3) is 0 Å². The van der Waals surface area contributed by atoms with Crippen LogP contribution in [0.3, 0.4) is 0 Å². The molecule has 9 heavy (non-hydrogen) atoms. The minimum atomic E-state index is 0.0578. The molecule has 0 amide bonds. The van der Waals surface area contributed by atoms with Crippen molar-refractivity contribution in [1.82, 2.24) is 0 Å². The lowest BCUT2D eigenvalue weighted by atomic mass is 10.7. The van der Waals surface area contributed by atoms with Gasteiger partial charge in [0.2, 0.25) is 0 Å². The molecule has 1 unspecified atom stereocenters. The molecule has 1 atom stereocenters. The molecule has 0 fully saturated rings. The summed E-state index contributed by atoms with van der Waals surface area (Å²) < 4.78 is 10.2. The molecule has 0 aliphatic rings. The van der Waals surface area contributed by atoms with Gasteiger partial charge < -0.3 is 9.47 Å². The molecule has 0 saturated heterocycles. The van der Waals surface area contributed by atoms with Gasteiger partial charge in [-0.3, -0.25) is 0 Å². The van der Waals surface area contributed by atoms with Gasteiger partial charge in [0, 0.05) is 13.2 Å². The maximum atomic E-state index is 5.14. The van der Waals surface area contributed by atoms with E-state index in [4.69, 9.17) is 9.47 Å². The maximum absolute atomic E-state index is 5.14. The Morgan fingerprint density at radius 1 is 1.33 bits per heavy atom. The molecule has 3 heteroatoms. The monoisotopic (exact) mass is 196 g/mol. The van der Waals surface area contributed by atoms with Gasteiger partial charge in [0.15, 0.2) is 0 Å². The van der Waals surface area contributed by atoms with E-state index in [1.807, 2.05) is 13.8 Å². The average Bonchev–Trinajstić information content (AvgIpc) is 1.85. The smallest absolute Gasteiger partial charge is 0.135 e. The fraction of sp³-hybridized carbons (Fsp3) is 1.00. The van der Waals surface area contributed by atoms with Crippen molar-refractivity contribution in [2.75, 3.05) is 19.8 Å². The van der Waals surface area contributed by atoms with Gasteiger partial charge in [-0.25, -0.2) is 0 Å². The summed E-state index contributed by atoms with van der Waals surface area (Å²) in [6, 6.07) is 0. The molecule has 0 rings (SSSR count). The first-order valence-corrected chi connectivity index (χ1v) is 4.06. The Bertz CT molecular complexity index is 59.0. The van der Waals surface area contributed by atoms with E-state index in [9.17, 15) is 0 Å². The van der Waals surface area contributed by atoms with E-state index in [1.54, 1.807) is 0 Å². The van der Waals surface area contributed by atoms with Gasteiger partial charge in [-0.2, -0.15) is 0 Å². The Balaban J connectivity index is 2.95. The van der Waals surface area contributed by atoms with Crippen LogP contribution >= 0.6 is 15.9 Å². The van der Waals surface area contributed by atoms with Crippen molar-refractivity contribution in [3.05, 3.63) is 0 Å². The molecule has 0 aliphatic carbocycles. The largest absolute Gasteiger partial charge is 0.378 e. The molecule has 2 nitrogen and oxygen atoms in total. The third-order valence-electron chi connectivity index (χ3n) is 0.801. The lowest BCUT2D eigenvalue weighted by Gasteiger charge is -2.08. The van der Waals surface area contributed by atoms with Crippen LogP contribution in [0, 0.1) is 0 Å². The molecule has 0 heterocycles. The standard InChI is InChI=1S/C6H13BrO2/c1-3-8-5-6(7)9-4-2/h6H,3-5H2,1-2H3. The lowest BCUT2D eigenvalue weighted by Crippen LogP contribution is -2.12. The highest BCUT2D eigenvalue weighted by atomic mass is 79.9. The van der Waals surface area contributed by atoms with Crippen LogP contribution in [0.1, 0.15) is 13.8 Å². The fourth-order valence-corrected chi connectivity index (χ4v) is 0.891. The lowest BCUT2D eigenvalue weighted by molar-refractivity contribution is 0.0426. The molecular formula is C6H13BrO2. The molecule has 56 valence electrons. The minimum absolute atomic E-state index is 0.0578. The first-order chi connectivity index (χ1) is 4.31. The van der Waals surface area contributed by atoms with Crippen LogP contribution in [0.2, 0.25) is 0 Å². The van der Waals surface area contributed by atoms with Crippen molar-refractivity contribution in [1.29, 1.82) is 0 Å². The first kappa shape index (κ1) is 9.40. The summed E-state index contributed by atoms with van der Waals surface area (Å²) in [7, 11) is 0. The van der Waals surface area contributed by atoms with Crippen LogP contribution in [-0.2, 0) is 9.47 Å². The van der Waals surface area contributed by atoms with E-state index in [1.165, 1.54) is 0 Å². The summed E-state index contributed by atoms with van der Waals surface area (Å²) in [4.78, 5) is 0. The topological polar surface area (TPSA) is 18.5 Å². The van der Waals surface area contributed by atoms with Gasteiger partial charge >= 0.3 is 0 Å². The van der Waals surface area contributed by atoms with Gasteiger partial charge in [0.1, 0.15) is 5.01 Å². The second kappa shape index (κ2) is 6.52. The predicted molar refractivity (Wildman–Crippen MR) is 40.8 cm³/mol. The number of hydrogen-bond acceptors (Lipinski definition) is 2. The van der Waals surface area contributed by atoms with Crippen molar-refractivity contribution in [2.24, 2.45) is 0 Å². The van der Waals surface area contributed by atoms with Crippen LogP contribution in [0.4, 0.5) is 0 Å². The Morgan fingerprint density at radius 3 is 2.44 bits per heavy atom. The van der Waals surface area contributed by atoms with Crippen LogP contribution in [0.25, 0.3) is 0 Å². The fourth-order valence-electron chi connectivity index (χ4n) is 0.439. The van der Waals surface area contributed by atoms with Crippen LogP contribution in [-0.4, -0.2) is 24.8 Å². The second-order valence-electron chi connectivity index (χ2n) is 1.52. The average molecular weight is 197 g/mol. The molecule has 0 spiro atoms. The Morgan fingerprint density at radius 2 is 2.00 bits per heavy atom. The second-order valence-corrected chi connectivity index (χ2v) is 2.55. The highest BCUT2D eigenvalue weighted by Crippen LogP contribution is 2.00. The first-order valence-electron chi connectivity index (χ1n) is 3.14. The zero-order valence-electron chi connectivity index (χ0n) is 5.89. The molecule has 0 N–H and O–H groups in total. The summed E-state index contributed by atoms with van der Waals surface area (Å²) in [5.41, 5.74) is 0. The van der Waals surface area contributed by atoms with Crippen LogP contribution in [0.15, 0.2) is 0 Å². The van der Waals surface area contributed by atoms with E-state index in [-0.39, 0.29) is 5.01 Å². The Hall–Kier alpha value is 0.400. The summed E-state index contributed by atoms with van der Waals surface area (Å²) in [6.07, 6.45) is 0. The highest BCUT2D eigenvalue weighted by Gasteiger charge is 1.99. The number of rotatable bonds is 5. The zero-order chi connectivity index (χ0) is 7.11. The summed E-state index contributed by atoms with van der Waals surface area (Å²) >= 11 is 3.29. The summed E-state index contributed by atoms with van der Waals surface area (Å²) in [5, 5.41) is 0.0578. The summed E-state index contributed by atoms with van der Waals surface area (Å²) in [6.45, 7) is 6.02. The predicted octanol–water partition coefficient (Wildman–Crippen LogP) is 1.78. The molecule has 0 aliphatic heterocycles. The third kappa shape index (κ3) is 6.28. The number of halogens is 1. The molecule has 0 radical (unpaired) electrons. The van der Waals surface area contributed by atoms with Gasteiger partial charge in [0.05, 0.1) is 6.61 Å². The summed E-state index contributed by atoms with van der Waals surface area (Å²) in [5.74, 6) is 0. The normalized spacial score (nSPS) is 13.7. The van der Waals surface area contributed by atoms with E-state index >= 15 is 0 Å². The molecule has 0 aromatic heterocycles. The van der Waals surface area contributed by atoms with Gasteiger partial charge in [-0.05, 0) is 13.8 Å². The molecule has 0 aromatic carbocycles. The van der Waals surface area contributed by atoms with Crippen molar-refractivity contribution >= 4 is 15.9 Å². The zero-order valence-corrected chi connectivity index (χ0v) is 7.48. The number of hydrogen-bond donors (Lipinski definition) is 0. The van der Waals surface area contributed by atoms with E-state index in [0.29, 0.717) is 6.61 Å². The highest BCUT2D eigenvalue weighted by molar-refractivity contribution is 9.09. The molecule has 0 bridgehead atoms. The van der Waals surface area contributed by atoms with Crippen LogP contribution in [0.5, 0.6) is 0 Å². The molecule has 0 aromatic rings. The third-order valence-corrected chi connectivity index (χ3v) is 1.33. The maximum Gasteiger partial charge on any atom is 0.135 e. The quantitative estimate of drug-likeness (QED) is 0.625. The Kier molecular flexibility index (Phi) is 6.81. The minimum Gasteiger partial charge on any atom is -0.378 e. The molecular weight excluding hydrogens is 184 g/mol. The van der Waals surface area contributed by atoms with E-state index < -0.39 is 0 Å². The van der Waals surface area contributed by atoms with Gasteiger partial charge in [-0.15, -0.1) is 0 Å². The van der Waals surface area contributed by atoms with E-state index in [2.05, 4.69) is 15.9 Å². The number of alkyl halides is 1. The van der Waals surface area contributed by atoms with Crippen LogP contribution < -0.4 is 0 Å². The van der Waals surface area contributed by atoms with E-state index in [0.717, 1.165) is 13.2 Å². The SMILES string of the molecule is CCOCC(Br)OCC. The van der Waals surface area contributed by atoms with Crippen molar-refractivity contribution in [3.8, 4) is 0 Å². The van der Waals surface area contributed by atoms with Crippen molar-refractivity contribution < 1.29 is 9.47 Å². The van der Waals surface area contributed by atoms with Crippen molar-refractivity contribution in [3.63, 3.8) is 0 Å². The molecule has 0 saturated carbocycles. The Labute approximate surface area is 64.7 Å².